The second kappa shape index (κ2) is 10.3. The van der Waals surface area contributed by atoms with Crippen molar-refractivity contribution >= 4 is 11.8 Å². The largest absolute Gasteiger partial charge is 0.466 e. The van der Waals surface area contributed by atoms with Crippen molar-refractivity contribution in [1.82, 2.24) is 10.2 Å². The van der Waals surface area contributed by atoms with E-state index in [-0.39, 0.29) is 36.7 Å². The zero-order valence-corrected chi connectivity index (χ0v) is 20.5. The van der Waals surface area contributed by atoms with Crippen LogP contribution in [0.15, 0.2) is 28.2 Å². The lowest BCUT2D eigenvalue weighted by Gasteiger charge is -2.48. The van der Waals surface area contributed by atoms with Crippen LogP contribution in [-0.4, -0.2) is 87.5 Å². The van der Waals surface area contributed by atoms with Crippen LogP contribution in [0.2, 0.25) is 0 Å². The minimum Gasteiger partial charge on any atom is -0.466 e. The second-order valence-electron chi connectivity index (χ2n) is 10.8. The molecule has 3 fully saturated rings. The highest BCUT2D eigenvalue weighted by Crippen LogP contribution is 2.42. The number of rotatable bonds is 6. The summed E-state index contributed by atoms with van der Waals surface area (Å²) in [5.41, 5.74) is 0.727. The Labute approximate surface area is 209 Å². The molecule has 3 heterocycles. The summed E-state index contributed by atoms with van der Waals surface area (Å²) >= 11 is 0. The number of aryl methyl sites for hydroxylation is 1. The van der Waals surface area contributed by atoms with E-state index < -0.39 is 36.4 Å². The molecule has 8 atom stereocenters. The standard InChI is InChI=1S/C26H36N2O8/c1-13-2-4-16(36-13)11-19(26(33)34)27-24(31)21-20(29)10-15-12-28(8-6-17(15)22(21)30)25(32)18-5-3-14-7-9-35-23(14)18/h2,4-5,14-15,17,19-23,26,29-30,33-34H,3,6-12H2,1H3,(H,27,31)/t14?,15?,17?,19-,20?,21-,22?,23?/m0/s1. The normalized spacial score (nSPS) is 34.8. The van der Waals surface area contributed by atoms with Crippen LogP contribution >= 0.6 is 0 Å². The smallest absolute Gasteiger partial charge is 0.252 e. The first-order chi connectivity index (χ1) is 17.2. The van der Waals surface area contributed by atoms with Gasteiger partial charge >= 0.3 is 0 Å². The number of carbonyl (C=O) groups is 2. The quantitative estimate of drug-likeness (QED) is 0.336. The summed E-state index contributed by atoms with van der Waals surface area (Å²) in [6, 6.07) is 2.38. The molecule has 10 nitrogen and oxygen atoms in total. The highest BCUT2D eigenvalue weighted by atomic mass is 16.5. The molecule has 5 rings (SSSR count). The van der Waals surface area contributed by atoms with Crippen LogP contribution in [0.5, 0.6) is 0 Å². The Hall–Kier alpha value is -2.24. The summed E-state index contributed by atoms with van der Waals surface area (Å²) in [4.78, 5) is 28.1. The zero-order chi connectivity index (χ0) is 25.6. The lowest BCUT2D eigenvalue weighted by molar-refractivity contribution is -0.156. The first-order valence-corrected chi connectivity index (χ1v) is 12.9. The monoisotopic (exact) mass is 504 g/mol. The topological polar surface area (TPSA) is 153 Å². The van der Waals surface area contributed by atoms with Crippen molar-refractivity contribution in [3.63, 3.8) is 0 Å². The molecule has 5 N–H and O–H groups in total. The average molecular weight is 505 g/mol. The van der Waals surface area contributed by atoms with Crippen molar-refractivity contribution in [2.75, 3.05) is 19.7 Å². The molecular formula is C26H36N2O8. The van der Waals surface area contributed by atoms with Gasteiger partial charge in [0.1, 0.15) is 11.5 Å². The Morgan fingerprint density at radius 2 is 2.00 bits per heavy atom. The third-order valence-electron chi connectivity index (χ3n) is 8.46. The van der Waals surface area contributed by atoms with E-state index in [0.717, 1.165) is 18.4 Å². The van der Waals surface area contributed by atoms with E-state index in [4.69, 9.17) is 9.15 Å². The highest BCUT2D eigenvalue weighted by molar-refractivity contribution is 5.95. The van der Waals surface area contributed by atoms with Gasteiger partial charge < -0.3 is 39.8 Å². The predicted molar refractivity (Wildman–Crippen MR) is 126 cm³/mol. The third-order valence-corrected chi connectivity index (χ3v) is 8.46. The van der Waals surface area contributed by atoms with E-state index in [1.54, 1.807) is 24.0 Å². The fourth-order valence-corrected chi connectivity index (χ4v) is 6.54. The van der Waals surface area contributed by atoms with E-state index in [1.807, 2.05) is 6.08 Å². The van der Waals surface area contributed by atoms with Crippen molar-refractivity contribution in [3.05, 3.63) is 35.3 Å². The Morgan fingerprint density at radius 3 is 2.72 bits per heavy atom. The predicted octanol–water partition coefficient (Wildman–Crippen LogP) is -0.132. The van der Waals surface area contributed by atoms with Crippen LogP contribution in [-0.2, 0) is 20.7 Å². The fourth-order valence-electron chi connectivity index (χ4n) is 6.54. The number of hydrogen-bond acceptors (Lipinski definition) is 8. The molecular weight excluding hydrogens is 468 g/mol. The molecule has 10 heteroatoms. The average Bonchev–Trinajstić information content (AvgIpc) is 3.55. The van der Waals surface area contributed by atoms with Gasteiger partial charge in [0.2, 0.25) is 5.91 Å². The number of piperidine rings is 1. The van der Waals surface area contributed by atoms with E-state index in [0.29, 0.717) is 43.6 Å². The van der Waals surface area contributed by atoms with Gasteiger partial charge in [-0.1, -0.05) is 6.08 Å². The van der Waals surface area contributed by atoms with Crippen molar-refractivity contribution in [2.45, 2.75) is 69.7 Å². The number of carbonyl (C=O) groups excluding carboxylic acids is 2. The minimum atomic E-state index is -1.84. The summed E-state index contributed by atoms with van der Waals surface area (Å²) in [7, 11) is 0. The number of aliphatic hydroxyl groups is 4. The number of nitrogens with one attached hydrogen (secondary N) is 1. The van der Waals surface area contributed by atoms with Gasteiger partial charge in [0.05, 0.1) is 30.3 Å². The highest BCUT2D eigenvalue weighted by Gasteiger charge is 2.50. The number of likely N-dealkylation sites (tertiary alicyclic amines) is 1. The molecule has 4 aliphatic rings. The summed E-state index contributed by atoms with van der Waals surface area (Å²) in [6.45, 7) is 3.32. The summed E-state index contributed by atoms with van der Waals surface area (Å²) in [6.07, 6.45) is 0.493. The molecule has 198 valence electrons. The number of amides is 2. The molecule has 1 saturated carbocycles. The van der Waals surface area contributed by atoms with Crippen molar-refractivity contribution in [2.24, 2.45) is 23.7 Å². The van der Waals surface area contributed by atoms with Gasteiger partial charge in [0.15, 0.2) is 6.29 Å². The molecule has 6 unspecified atom stereocenters. The van der Waals surface area contributed by atoms with Gasteiger partial charge in [-0.2, -0.15) is 0 Å². The van der Waals surface area contributed by atoms with E-state index in [1.165, 1.54) is 0 Å². The number of fused-ring (bicyclic) bond motifs is 2. The first-order valence-electron chi connectivity index (χ1n) is 12.9. The van der Waals surface area contributed by atoms with Crippen molar-refractivity contribution < 1.29 is 39.2 Å². The number of hydrogen-bond donors (Lipinski definition) is 5. The number of furan rings is 1. The Kier molecular flexibility index (Phi) is 7.24. The molecule has 2 amide bonds. The summed E-state index contributed by atoms with van der Waals surface area (Å²) in [5.74, 6) is -0.601. The maximum Gasteiger partial charge on any atom is 0.252 e. The van der Waals surface area contributed by atoms with Gasteiger partial charge in [-0.05, 0) is 62.5 Å². The number of nitrogens with zero attached hydrogens (tertiary/aromatic N) is 1. The van der Waals surface area contributed by atoms with Gasteiger partial charge in [0.25, 0.3) is 5.91 Å². The number of aliphatic hydroxyl groups excluding tert-OH is 3. The number of ether oxygens (including phenoxy) is 1. The van der Waals surface area contributed by atoms with Crippen LogP contribution in [0.3, 0.4) is 0 Å². The second-order valence-corrected chi connectivity index (χ2v) is 10.8. The molecule has 2 aliphatic carbocycles. The van der Waals surface area contributed by atoms with E-state index in [9.17, 15) is 30.0 Å². The third kappa shape index (κ3) is 4.84. The lowest BCUT2D eigenvalue weighted by atomic mass is 9.67. The van der Waals surface area contributed by atoms with Crippen molar-refractivity contribution in [1.29, 1.82) is 0 Å². The van der Waals surface area contributed by atoms with Gasteiger partial charge in [0, 0.05) is 31.7 Å². The number of allylic oxidation sites excluding steroid dienone is 1. The van der Waals surface area contributed by atoms with Crippen LogP contribution in [0.1, 0.15) is 37.2 Å². The molecule has 1 aromatic rings. The maximum atomic E-state index is 13.2. The Balaban J connectivity index is 1.21. The molecule has 0 bridgehead atoms. The maximum absolute atomic E-state index is 13.2. The zero-order valence-electron chi connectivity index (χ0n) is 20.5. The molecule has 0 aromatic carbocycles. The fraction of sp³-hybridized carbons (Fsp3) is 0.692. The van der Waals surface area contributed by atoms with Crippen LogP contribution in [0.4, 0.5) is 0 Å². The van der Waals surface area contributed by atoms with Gasteiger partial charge in [-0.15, -0.1) is 0 Å². The van der Waals surface area contributed by atoms with E-state index >= 15 is 0 Å². The molecule has 0 spiro atoms. The summed E-state index contributed by atoms with van der Waals surface area (Å²) in [5, 5.41) is 44.1. The van der Waals surface area contributed by atoms with Crippen LogP contribution in [0.25, 0.3) is 0 Å². The first kappa shape index (κ1) is 25.4. The molecule has 2 aliphatic heterocycles. The molecule has 0 radical (unpaired) electrons. The van der Waals surface area contributed by atoms with Crippen LogP contribution in [0, 0.1) is 30.6 Å². The van der Waals surface area contributed by atoms with Crippen molar-refractivity contribution in [3.8, 4) is 0 Å². The lowest BCUT2D eigenvalue weighted by Crippen LogP contribution is -2.59. The van der Waals surface area contributed by atoms with Gasteiger partial charge in [-0.25, -0.2) is 0 Å². The molecule has 36 heavy (non-hydrogen) atoms. The van der Waals surface area contributed by atoms with Crippen LogP contribution < -0.4 is 5.32 Å². The van der Waals surface area contributed by atoms with E-state index in [2.05, 4.69) is 5.32 Å². The molecule has 2 saturated heterocycles. The molecule has 1 aromatic heterocycles. The Morgan fingerprint density at radius 1 is 1.19 bits per heavy atom. The SMILES string of the molecule is Cc1ccc(C[C@H](NC(=O)[C@H]2C(O)CC3CN(C(=O)C4=CCC5CCOC45)CCC3C2O)C(O)O)o1. The summed E-state index contributed by atoms with van der Waals surface area (Å²) < 4.78 is 11.3. The van der Waals surface area contributed by atoms with Gasteiger partial charge in [-0.3, -0.25) is 9.59 Å². The Bertz CT molecular complexity index is 1010. The minimum absolute atomic E-state index is 0.0281.